The summed E-state index contributed by atoms with van der Waals surface area (Å²) in [4.78, 5) is 19.5. The molecule has 130 valence electrons. The average molecular weight is 341 g/mol. The van der Waals surface area contributed by atoms with Gasteiger partial charge < -0.3 is 19.7 Å². The minimum atomic E-state index is -0.476. The number of nitrogens with zero attached hydrogens (tertiary/aromatic N) is 2. The number of carbonyl (C=O) groups is 1. The van der Waals surface area contributed by atoms with Crippen molar-refractivity contribution < 1.29 is 14.3 Å². The second-order valence-electron chi connectivity index (χ2n) is 6.89. The summed E-state index contributed by atoms with van der Waals surface area (Å²) in [5, 5.41) is 3.48. The van der Waals surface area contributed by atoms with E-state index in [1.165, 1.54) is 4.88 Å². The van der Waals surface area contributed by atoms with E-state index in [0.717, 1.165) is 13.0 Å². The number of hydrogen-bond donors (Lipinski definition) is 1. The highest BCUT2D eigenvalue weighted by atomic mass is 32.1. The van der Waals surface area contributed by atoms with Gasteiger partial charge >= 0.3 is 6.09 Å². The van der Waals surface area contributed by atoms with Gasteiger partial charge in [-0.05, 0) is 34.1 Å². The quantitative estimate of drug-likeness (QED) is 0.892. The number of hydrogen-bond acceptors (Lipinski definition) is 6. The molecule has 0 saturated carbocycles. The zero-order valence-corrected chi connectivity index (χ0v) is 15.2. The molecule has 1 aliphatic rings. The fourth-order valence-electron chi connectivity index (χ4n) is 2.51. The molecule has 7 heteroatoms. The standard InChI is InChI=1S/C16H27N3O3S/c1-12(18-9-14-8-17-11-23-14)7-13-10-21-6-5-19(13)15(20)22-16(2,3)4/h8,11-13,18H,5-7,9-10H2,1-4H3. The Morgan fingerprint density at radius 2 is 2.39 bits per heavy atom. The SMILES string of the molecule is CC(CC1COCCN1C(=O)OC(C)(C)C)NCc1cncs1. The molecular formula is C16H27N3O3S. The molecular weight excluding hydrogens is 314 g/mol. The lowest BCUT2D eigenvalue weighted by molar-refractivity contribution is -0.0356. The minimum absolute atomic E-state index is 0.0440. The van der Waals surface area contributed by atoms with Gasteiger partial charge in [0.2, 0.25) is 0 Å². The van der Waals surface area contributed by atoms with Crippen LogP contribution in [0.3, 0.4) is 0 Å². The first kappa shape index (κ1) is 18.2. The van der Waals surface area contributed by atoms with Gasteiger partial charge in [0.1, 0.15) is 5.60 Å². The van der Waals surface area contributed by atoms with Crippen molar-refractivity contribution in [3.8, 4) is 0 Å². The average Bonchev–Trinajstić information content (AvgIpc) is 2.97. The molecule has 0 bridgehead atoms. The Hall–Kier alpha value is -1.18. The molecule has 1 aromatic heterocycles. The van der Waals surface area contributed by atoms with Crippen LogP contribution < -0.4 is 5.32 Å². The number of nitrogens with one attached hydrogen (secondary N) is 1. The van der Waals surface area contributed by atoms with Gasteiger partial charge in [0.05, 0.1) is 24.8 Å². The normalized spacial score (nSPS) is 20.3. The number of aromatic nitrogens is 1. The summed E-state index contributed by atoms with van der Waals surface area (Å²) in [6, 6.07) is 0.316. The maximum atomic E-state index is 12.4. The van der Waals surface area contributed by atoms with Crippen molar-refractivity contribution in [1.29, 1.82) is 0 Å². The van der Waals surface area contributed by atoms with Gasteiger partial charge in [-0.15, -0.1) is 11.3 Å². The number of rotatable bonds is 5. The van der Waals surface area contributed by atoms with Crippen LogP contribution in [-0.4, -0.2) is 53.4 Å². The lowest BCUT2D eigenvalue weighted by Crippen LogP contribution is -2.52. The van der Waals surface area contributed by atoms with E-state index in [-0.39, 0.29) is 18.2 Å². The van der Waals surface area contributed by atoms with Crippen LogP contribution in [0.4, 0.5) is 4.79 Å². The molecule has 1 N–H and O–H groups in total. The molecule has 2 heterocycles. The van der Waals surface area contributed by atoms with Crippen LogP contribution in [-0.2, 0) is 16.0 Å². The van der Waals surface area contributed by atoms with Crippen molar-refractivity contribution in [2.45, 2.75) is 58.3 Å². The zero-order valence-electron chi connectivity index (χ0n) is 14.4. The fourth-order valence-corrected chi connectivity index (χ4v) is 3.05. The van der Waals surface area contributed by atoms with Crippen molar-refractivity contribution in [3.05, 3.63) is 16.6 Å². The van der Waals surface area contributed by atoms with Crippen molar-refractivity contribution in [2.24, 2.45) is 0 Å². The molecule has 1 fully saturated rings. The molecule has 1 aromatic rings. The number of amides is 1. The largest absolute Gasteiger partial charge is 0.444 e. The molecule has 1 amide bonds. The van der Waals surface area contributed by atoms with Gasteiger partial charge in [-0.25, -0.2) is 4.79 Å². The molecule has 2 atom stereocenters. The summed E-state index contributed by atoms with van der Waals surface area (Å²) in [6.07, 6.45) is 2.46. The third-order valence-electron chi connectivity index (χ3n) is 3.59. The summed E-state index contributed by atoms with van der Waals surface area (Å²) < 4.78 is 11.1. The lowest BCUT2D eigenvalue weighted by atomic mass is 10.1. The van der Waals surface area contributed by atoms with E-state index in [4.69, 9.17) is 9.47 Å². The van der Waals surface area contributed by atoms with Crippen molar-refractivity contribution in [1.82, 2.24) is 15.2 Å². The van der Waals surface area contributed by atoms with Crippen LogP contribution in [0, 0.1) is 0 Å². The maximum Gasteiger partial charge on any atom is 0.410 e. The first-order valence-electron chi connectivity index (χ1n) is 8.03. The molecule has 0 spiro atoms. The third kappa shape index (κ3) is 6.08. The van der Waals surface area contributed by atoms with E-state index in [1.807, 2.05) is 32.5 Å². The monoisotopic (exact) mass is 341 g/mol. The second kappa shape index (κ2) is 8.08. The molecule has 2 unspecified atom stereocenters. The predicted octanol–water partition coefficient (Wildman–Crippen LogP) is 2.65. The summed E-state index contributed by atoms with van der Waals surface area (Å²) in [5.74, 6) is 0. The molecule has 0 aliphatic carbocycles. The van der Waals surface area contributed by atoms with Crippen molar-refractivity contribution in [2.75, 3.05) is 19.8 Å². The minimum Gasteiger partial charge on any atom is -0.444 e. The first-order valence-corrected chi connectivity index (χ1v) is 8.91. The zero-order chi connectivity index (χ0) is 16.9. The number of ether oxygens (including phenoxy) is 2. The second-order valence-corrected chi connectivity index (χ2v) is 7.86. The van der Waals surface area contributed by atoms with Gasteiger partial charge in [-0.2, -0.15) is 0 Å². The number of thiazole rings is 1. The molecule has 1 saturated heterocycles. The molecule has 0 radical (unpaired) electrons. The lowest BCUT2D eigenvalue weighted by Gasteiger charge is -2.37. The molecule has 2 rings (SSSR count). The Bertz CT molecular complexity index is 487. The fraction of sp³-hybridized carbons (Fsp3) is 0.750. The van der Waals surface area contributed by atoms with Gasteiger partial charge in [-0.1, -0.05) is 0 Å². The van der Waals surface area contributed by atoms with Crippen LogP contribution in [0.15, 0.2) is 11.7 Å². The maximum absolute atomic E-state index is 12.4. The van der Waals surface area contributed by atoms with Crippen molar-refractivity contribution in [3.63, 3.8) is 0 Å². The van der Waals surface area contributed by atoms with E-state index >= 15 is 0 Å². The topological polar surface area (TPSA) is 63.7 Å². The van der Waals surface area contributed by atoms with Crippen LogP contribution in [0.1, 0.15) is 39.0 Å². The first-order chi connectivity index (χ1) is 10.8. The summed E-state index contributed by atoms with van der Waals surface area (Å²) in [7, 11) is 0. The Morgan fingerprint density at radius 3 is 3.04 bits per heavy atom. The van der Waals surface area contributed by atoms with E-state index < -0.39 is 5.60 Å². The van der Waals surface area contributed by atoms with Gasteiger partial charge in [0.15, 0.2) is 0 Å². The smallest absolute Gasteiger partial charge is 0.410 e. The Balaban J connectivity index is 1.86. The summed E-state index contributed by atoms with van der Waals surface area (Å²) in [6.45, 7) is 10.3. The Labute approximate surface area is 142 Å². The molecule has 6 nitrogen and oxygen atoms in total. The van der Waals surface area contributed by atoms with Gasteiger partial charge in [0, 0.05) is 30.2 Å². The van der Waals surface area contributed by atoms with Crippen LogP contribution in [0.5, 0.6) is 0 Å². The number of carbonyl (C=O) groups excluding carboxylic acids is 1. The molecule has 1 aliphatic heterocycles. The number of morpholine rings is 1. The van der Waals surface area contributed by atoms with E-state index in [0.29, 0.717) is 19.8 Å². The highest BCUT2D eigenvalue weighted by Gasteiger charge is 2.31. The molecule has 0 aromatic carbocycles. The summed E-state index contributed by atoms with van der Waals surface area (Å²) >= 11 is 1.64. The van der Waals surface area contributed by atoms with Crippen molar-refractivity contribution >= 4 is 17.4 Å². The Kier molecular flexibility index (Phi) is 6.38. The highest BCUT2D eigenvalue weighted by molar-refractivity contribution is 7.09. The van der Waals surface area contributed by atoms with Gasteiger partial charge in [-0.3, -0.25) is 4.98 Å². The van der Waals surface area contributed by atoms with Crippen LogP contribution >= 0.6 is 11.3 Å². The highest BCUT2D eigenvalue weighted by Crippen LogP contribution is 2.18. The van der Waals surface area contributed by atoms with Crippen LogP contribution in [0.2, 0.25) is 0 Å². The van der Waals surface area contributed by atoms with Crippen LogP contribution in [0.25, 0.3) is 0 Å². The van der Waals surface area contributed by atoms with E-state index in [9.17, 15) is 4.79 Å². The third-order valence-corrected chi connectivity index (χ3v) is 4.37. The van der Waals surface area contributed by atoms with E-state index in [1.54, 1.807) is 16.2 Å². The predicted molar refractivity (Wildman–Crippen MR) is 90.6 cm³/mol. The Morgan fingerprint density at radius 1 is 1.61 bits per heavy atom. The van der Waals surface area contributed by atoms with E-state index in [2.05, 4.69) is 17.2 Å². The molecule has 23 heavy (non-hydrogen) atoms. The summed E-state index contributed by atoms with van der Waals surface area (Å²) in [5.41, 5.74) is 1.36. The van der Waals surface area contributed by atoms with Gasteiger partial charge in [0.25, 0.3) is 0 Å².